The Balaban J connectivity index is 2.46. The first-order chi connectivity index (χ1) is 6.36. The summed E-state index contributed by atoms with van der Waals surface area (Å²) < 4.78 is 0. The molecule has 0 spiro atoms. The summed E-state index contributed by atoms with van der Waals surface area (Å²) in [7, 11) is 0. The molecule has 1 rings (SSSR count). The summed E-state index contributed by atoms with van der Waals surface area (Å²) in [5, 5.41) is 0. The maximum absolute atomic E-state index is 5.66. The van der Waals surface area contributed by atoms with Gasteiger partial charge in [0, 0.05) is 24.8 Å². The predicted octanol–water partition coefficient (Wildman–Crippen LogP) is 1.54. The molecule has 0 atom stereocenters. The molecule has 13 heavy (non-hydrogen) atoms. The first kappa shape index (κ1) is 10.4. The van der Waals surface area contributed by atoms with Crippen molar-refractivity contribution in [1.82, 2.24) is 14.9 Å². The van der Waals surface area contributed by atoms with Gasteiger partial charge in [-0.2, -0.15) is 0 Å². The van der Waals surface area contributed by atoms with E-state index in [-0.39, 0.29) is 0 Å². The molecule has 0 aliphatic carbocycles. The van der Waals surface area contributed by atoms with Crippen molar-refractivity contribution in [1.29, 1.82) is 0 Å². The van der Waals surface area contributed by atoms with E-state index in [9.17, 15) is 0 Å². The van der Waals surface area contributed by atoms with Crippen LogP contribution in [0.25, 0.3) is 0 Å². The van der Waals surface area contributed by atoms with Crippen molar-refractivity contribution < 1.29 is 0 Å². The number of hydrogen-bond acceptors (Lipinski definition) is 3. The highest BCUT2D eigenvalue weighted by Crippen LogP contribution is 1.97. The quantitative estimate of drug-likeness (QED) is 0.674. The predicted molar refractivity (Wildman–Crippen MR) is 53.7 cm³/mol. The van der Waals surface area contributed by atoms with Crippen molar-refractivity contribution >= 4 is 11.6 Å². The van der Waals surface area contributed by atoms with Crippen LogP contribution >= 0.6 is 11.6 Å². The zero-order chi connectivity index (χ0) is 9.52. The molecule has 1 heterocycles. The highest BCUT2D eigenvalue weighted by atomic mass is 35.5. The summed E-state index contributed by atoms with van der Waals surface area (Å²) in [6.07, 6.45) is 3.52. The van der Waals surface area contributed by atoms with Gasteiger partial charge in [-0.05, 0) is 12.6 Å². The number of rotatable bonds is 5. The van der Waals surface area contributed by atoms with Crippen LogP contribution in [-0.4, -0.2) is 33.8 Å². The van der Waals surface area contributed by atoms with Gasteiger partial charge in [-0.1, -0.05) is 6.92 Å². The summed E-state index contributed by atoms with van der Waals surface area (Å²) in [6.45, 7) is 4.75. The Hall–Kier alpha value is -0.670. The highest BCUT2D eigenvalue weighted by Gasteiger charge is 2.03. The minimum absolute atomic E-state index is 0.653. The van der Waals surface area contributed by atoms with Crippen LogP contribution in [0.15, 0.2) is 18.5 Å². The number of nitrogens with zero attached hydrogens (tertiary/aromatic N) is 3. The van der Waals surface area contributed by atoms with Crippen molar-refractivity contribution in [3.8, 4) is 0 Å². The second kappa shape index (κ2) is 5.89. The lowest BCUT2D eigenvalue weighted by atomic mass is 10.4. The average molecular weight is 200 g/mol. The van der Waals surface area contributed by atoms with Gasteiger partial charge in [0.1, 0.15) is 5.82 Å². The third-order valence-electron chi connectivity index (χ3n) is 1.83. The Bertz CT molecular complexity index is 228. The van der Waals surface area contributed by atoms with Crippen molar-refractivity contribution in [2.24, 2.45) is 0 Å². The Morgan fingerprint density at radius 3 is 2.62 bits per heavy atom. The molecule has 0 unspecified atom stereocenters. The van der Waals surface area contributed by atoms with Gasteiger partial charge in [-0.15, -0.1) is 11.6 Å². The van der Waals surface area contributed by atoms with Crippen LogP contribution in [0.5, 0.6) is 0 Å². The van der Waals surface area contributed by atoms with Crippen molar-refractivity contribution in [3.05, 3.63) is 24.3 Å². The maximum Gasteiger partial charge on any atom is 0.142 e. The zero-order valence-electron chi connectivity index (χ0n) is 7.78. The molecule has 0 aliphatic heterocycles. The summed E-state index contributed by atoms with van der Waals surface area (Å²) in [4.78, 5) is 10.5. The fraction of sp³-hybridized carbons (Fsp3) is 0.556. The Labute approximate surface area is 83.8 Å². The van der Waals surface area contributed by atoms with E-state index in [0.29, 0.717) is 5.88 Å². The molecule has 0 aromatic carbocycles. The van der Waals surface area contributed by atoms with Gasteiger partial charge in [0.2, 0.25) is 0 Å². The third-order valence-corrected chi connectivity index (χ3v) is 2.00. The summed E-state index contributed by atoms with van der Waals surface area (Å²) in [5.74, 6) is 1.51. The monoisotopic (exact) mass is 199 g/mol. The van der Waals surface area contributed by atoms with E-state index >= 15 is 0 Å². The van der Waals surface area contributed by atoms with Crippen LogP contribution in [0.1, 0.15) is 12.7 Å². The normalized spacial score (nSPS) is 10.7. The average Bonchev–Trinajstić information content (AvgIpc) is 2.19. The van der Waals surface area contributed by atoms with E-state index in [1.54, 1.807) is 12.4 Å². The van der Waals surface area contributed by atoms with E-state index < -0.39 is 0 Å². The van der Waals surface area contributed by atoms with Crippen LogP contribution in [0, 0.1) is 0 Å². The van der Waals surface area contributed by atoms with E-state index in [1.165, 1.54) is 0 Å². The van der Waals surface area contributed by atoms with Gasteiger partial charge in [-0.25, -0.2) is 9.97 Å². The van der Waals surface area contributed by atoms with Crippen LogP contribution < -0.4 is 0 Å². The third kappa shape index (κ3) is 3.70. The van der Waals surface area contributed by atoms with Crippen molar-refractivity contribution in [2.75, 3.05) is 19.0 Å². The maximum atomic E-state index is 5.66. The molecular formula is C9H14ClN3. The van der Waals surface area contributed by atoms with Crippen molar-refractivity contribution in [3.63, 3.8) is 0 Å². The van der Waals surface area contributed by atoms with E-state index in [4.69, 9.17) is 11.6 Å². The highest BCUT2D eigenvalue weighted by molar-refractivity contribution is 6.18. The molecule has 0 saturated carbocycles. The smallest absolute Gasteiger partial charge is 0.142 e. The SMILES string of the molecule is CCN(CCCl)Cc1ncccn1. The molecule has 0 amide bonds. The number of alkyl halides is 1. The minimum atomic E-state index is 0.653. The molecule has 3 nitrogen and oxygen atoms in total. The van der Waals surface area contributed by atoms with Gasteiger partial charge in [0.05, 0.1) is 6.54 Å². The van der Waals surface area contributed by atoms with Crippen LogP contribution in [0.4, 0.5) is 0 Å². The van der Waals surface area contributed by atoms with E-state index in [0.717, 1.165) is 25.5 Å². The number of hydrogen-bond donors (Lipinski definition) is 0. The fourth-order valence-corrected chi connectivity index (χ4v) is 1.32. The summed E-state index contributed by atoms with van der Waals surface area (Å²) >= 11 is 5.66. The molecule has 0 aliphatic rings. The first-order valence-electron chi connectivity index (χ1n) is 4.41. The Morgan fingerprint density at radius 1 is 1.38 bits per heavy atom. The lowest BCUT2D eigenvalue weighted by Crippen LogP contribution is -2.25. The van der Waals surface area contributed by atoms with E-state index in [2.05, 4.69) is 21.8 Å². The largest absolute Gasteiger partial charge is 0.295 e. The minimum Gasteiger partial charge on any atom is -0.295 e. The molecular weight excluding hydrogens is 186 g/mol. The van der Waals surface area contributed by atoms with Gasteiger partial charge < -0.3 is 0 Å². The van der Waals surface area contributed by atoms with Crippen molar-refractivity contribution in [2.45, 2.75) is 13.5 Å². The summed E-state index contributed by atoms with van der Waals surface area (Å²) in [6, 6.07) is 1.82. The van der Waals surface area contributed by atoms with Crippen LogP contribution in [0.2, 0.25) is 0 Å². The first-order valence-corrected chi connectivity index (χ1v) is 4.94. The van der Waals surface area contributed by atoms with Gasteiger partial charge in [-0.3, -0.25) is 4.90 Å². The Morgan fingerprint density at radius 2 is 2.08 bits per heavy atom. The molecule has 0 saturated heterocycles. The van der Waals surface area contributed by atoms with Crippen LogP contribution in [0.3, 0.4) is 0 Å². The summed E-state index contributed by atoms with van der Waals surface area (Å²) in [5.41, 5.74) is 0. The van der Waals surface area contributed by atoms with Gasteiger partial charge in [0.25, 0.3) is 0 Å². The van der Waals surface area contributed by atoms with Gasteiger partial charge >= 0.3 is 0 Å². The lowest BCUT2D eigenvalue weighted by Gasteiger charge is -2.17. The number of aromatic nitrogens is 2. The molecule has 0 radical (unpaired) electrons. The number of halogens is 1. The zero-order valence-corrected chi connectivity index (χ0v) is 8.54. The Kier molecular flexibility index (Phi) is 4.72. The molecule has 4 heteroatoms. The fourth-order valence-electron chi connectivity index (χ4n) is 1.08. The topological polar surface area (TPSA) is 29.0 Å². The second-order valence-corrected chi connectivity index (χ2v) is 3.10. The molecule has 72 valence electrons. The molecule has 1 aromatic rings. The van der Waals surface area contributed by atoms with Crippen LogP contribution in [-0.2, 0) is 6.54 Å². The lowest BCUT2D eigenvalue weighted by molar-refractivity contribution is 0.290. The standard InChI is InChI=1S/C9H14ClN3/c1-2-13(7-4-10)8-9-11-5-3-6-12-9/h3,5-6H,2,4,7-8H2,1H3. The molecule has 0 bridgehead atoms. The van der Waals surface area contributed by atoms with E-state index in [1.807, 2.05) is 6.07 Å². The molecule has 1 aromatic heterocycles. The molecule has 0 fully saturated rings. The second-order valence-electron chi connectivity index (χ2n) is 2.72. The van der Waals surface area contributed by atoms with Gasteiger partial charge in [0.15, 0.2) is 0 Å². The molecule has 0 N–H and O–H groups in total.